The van der Waals surface area contributed by atoms with Gasteiger partial charge in [0.15, 0.2) is 0 Å². The van der Waals surface area contributed by atoms with Gasteiger partial charge in [-0.2, -0.15) is 0 Å². The summed E-state index contributed by atoms with van der Waals surface area (Å²) in [5.74, 6) is 0. The molecule has 0 radical (unpaired) electrons. The van der Waals surface area contributed by atoms with Crippen molar-refractivity contribution in [1.82, 2.24) is 4.98 Å². The number of aryl methyl sites for hydroxylation is 1. The lowest BCUT2D eigenvalue weighted by molar-refractivity contribution is -0.387. The van der Waals surface area contributed by atoms with E-state index in [0.717, 1.165) is 0 Å². The van der Waals surface area contributed by atoms with E-state index in [-0.39, 0.29) is 9.26 Å². The Balaban J connectivity index is 3.50. The minimum Gasteiger partial charge on any atom is -0.258 e. The summed E-state index contributed by atoms with van der Waals surface area (Å²) in [7, 11) is 0. The maximum absolute atomic E-state index is 12.5. The van der Waals surface area contributed by atoms with Gasteiger partial charge in [0, 0.05) is 11.8 Å². The van der Waals surface area contributed by atoms with E-state index in [1.165, 1.54) is 13.1 Å². The standard InChI is InChI=1S/C7H5F2IN2O2/c1-3-2-11-7(10)4(6(8)9)5(3)12(13)14/h2,6H,1H3. The molecule has 7 heteroatoms. The number of pyridine rings is 1. The molecule has 1 heterocycles. The van der Waals surface area contributed by atoms with Crippen LogP contribution >= 0.6 is 22.6 Å². The van der Waals surface area contributed by atoms with Crippen molar-refractivity contribution in [2.75, 3.05) is 0 Å². The molecule has 0 atom stereocenters. The summed E-state index contributed by atoms with van der Waals surface area (Å²) in [5, 5.41) is 10.5. The lowest BCUT2D eigenvalue weighted by atomic mass is 10.2. The van der Waals surface area contributed by atoms with Gasteiger partial charge >= 0.3 is 0 Å². The third kappa shape index (κ3) is 1.97. The lowest BCUT2D eigenvalue weighted by Gasteiger charge is -2.05. The second kappa shape index (κ2) is 4.11. The quantitative estimate of drug-likeness (QED) is 0.365. The van der Waals surface area contributed by atoms with Crippen LogP contribution in [0.4, 0.5) is 14.5 Å². The summed E-state index contributed by atoms with van der Waals surface area (Å²) >= 11 is 1.56. The van der Waals surface area contributed by atoms with E-state index < -0.39 is 22.6 Å². The molecular weight excluding hydrogens is 309 g/mol. The topological polar surface area (TPSA) is 56.0 Å². The molecule has 0 aromatic carbocycles. The van der Waals surface area contributed by atoms with Gasteiger partial charge in [-0.1, -0.05) is 0 Å². The average molecular weight is 314 g/mol. The number of nitrogens with zero attached hydrogens (tertiary/aromatic N) is 2. The number of aromatic nitrogens is 1. The number of rotatable bonds is 2. The first-order valence-corrected chi connectivity index (χ1v) is 4.60. The number of alkyl halides is 2. The van der Waals surface area contributed by atoms with Crippen LogP contribution in [0.25, 0.3) is 0 Å². The van der Waals surface area contributed by atoms with Crippen molar-refractivity contribution in [1.29, 1.82) is 0 Å². The summed E-state index contributed by atoms with van der Waals surface area (Å²) in [6.45, 7) is 1.38. The van der Waals surface area contributed by atoms with Crippen LogP contribution < -0.4 is 0 Å². The second-order valence-electron chi connectivity index (χ2n) is 2.55. The van der Waals surface area contributed by atoms with Crippen molar-refractivity contribution < 1.29 is 13.7 Å². The second-order valence-corrected chi connectivity index (χ2v) is 3.57. The first-order valence-electron chi connectivity index (χ1n) is 3.52. The van der Waals surface area contributed by atoms with Crippen LogP contribution in [-0.4, -0.2) is 9.91 Å². The molecule has 0 aliphatic rings. The van der Waals surface area contributed by atoms with E-state index in [4.69, 9.17) is 0 Å². The highest BCUT2D eigenvalue weighted by molar-refractivity contribution is 14.1. The van der Waals surface area contributed by atoms with Crippen molar-refractivity contribution in [3.05, 3.63) is 31.1 Å². The van der Waals surface area contributed by atoms with Crippen LogP contribution in [-0.2, 0) is 0 Å². The molecule has 0 saturated carbocycles. The van der Waals surface area contributed by atoms with Crippen LogP contribution in [0.2, 0.25) is 0 Å². The zero-order valence-corrected chi connectivity index (χ0v) is 9.16. The Bertz CT molecular complexity index is 384. The fourth-order valence-electron chi connectivity index (χ4n) is 1.03. The Kier molecular flexibility index (Phi) is 3.29. The van der Waals surface area contributed by atoms with Crippen molar-refractivity contribution in [3.63, 3.8) is 0 Å². The summed E-state index contributed by atoms with van der Waals surface area (Å²) in [5.41, 5.74) is -0.999. The Morgan fingerprint density at radius 2 is 2.21 bits per heavy atom. The molecular formula is C7H5F2IN2O2. The highest BCUT2D eigenvalue weighted by atomic mass is 127. The lowest BCUT2D eigenvalue weighted by Crippen LogP contribution is -2.03. The van der Waals surface area contributed by atoms with Gasteiger partial charge in [-0.15, -0.1) is 0 Å². The van der Waals surface area contributed by atoms with Gasteiger partial charge in [0.2, 0.25) is 0 Å². The van der Waals surface area contributed by atoms with Crippen LogP contribution in [0, 0.1) is 20.7 Å². The van der Waals surface area contributed by atoms with Gasteiger partial charge in [-0.05, 0) is 29.5 Å². The van der Waals surface area contributed by atoms with Crippen molar-refractivity contribution in [2.45, 2.75) is 13.3 Å². The minimum absolute atomic E-state index is 0.0325. The smallest absolute Gasteiger partial charge is 0.258 e. The number of hydrogen-bond acceptors (Lipinski definition) is 3. The van der Waals surface area contributed by atoms with Crippen molar-refractivity contribution in [3.8, 4) is 0 Å². The Morgan fingerprint density at radius 1 is 1.64 bits per heavy atom. The molecule has 0 bridgehead atoms. The van der Waals surface area contributed by atoms with E-state index in [2.05, 4.69) is 4.98 Å². The van der Waals surface area contributed by atoms with Gasteiger partial charge < -0.3 is 0 Å². The fourth-order valence-corrected chi connectivity index (χ4v) is 1.66. The van der Waals surface area contributed by atoms with E-state index in [9.17, 15) is 18.9 Å². The molecule has 0 N–H and O–H groups in total. The zero-order valence-electron chi connectivity index (χ0n) is 7.00. The van der Waals surface area contributed by atoms with Gasteiger partial charge in [-0.3, -0.25) is 10.1 Å². The molecule has 0 aliphatic carbocycles. The van der Waals surface area contributed by atoms with Crippen LogP contribution in [0.15, 0.2) is 6.20 Å². The fraction of sp³-hybridized carbons (Fsp3) is 0.286. The third-order valence-corrected chi connectivity index (χ3v) is 2.48. The van der Waals surface area contributed by atoms with Crippen molar-refractivity contribution >= 4 is 28.3 Å². The molecule has 76 valence electrons. The normalized spacial score (nSPS) is 10.6. The molecule has 0 saturated heterocycles. The number of nitro groups is 1. The maximum Gasteiger partial charge on any atom is 0.285 e. The van der Waals surface area contributed by atoms with E-state index in [1.807, 2.05) is 0 Å². The molecule has 0 fully saturated rings. The summed E-state index contributed by atoms with van der Waals surface area (Å²) in [6.07, 6.45) is -1.67. The molecule has 0 spiro atoms. The predicted molar refractivity (Wildman–Crippen MR) is 53.3 cm³/mol. The summed E-state index contributed by atoms with van der Waals surface area (Å²) < 4.78 is 24.9. The molecule has 4 nitrogen and oxygen atoms in total. The molecule has 1 rings (SSSR count). The van der Waals surface area contributed by atoms with Crippen LogP contribution in [0.5, 0.6) is 0 Å². The molecule has 1 aromatic heterocycles. The maximum atomic E-state index is 12.5. The van der Waals surface area contributed by atoms with E-state index in [0.29, 0.717) is 0 Å². The zero-order chi connectivity index (χ0) is 10.9. The molecule has 0 aliphatic heterocycles. The summed E-state index contributed by atoms with van der Waals surface area (Å²) in [4.78, 5) is 13.4. The third-order valence-electron chi connectivity index (χ3n) is 1.62. The molecule has 14 heavy (non-hydrogen) atoms. The van der Waals surface area contributed by atoms with Gasteiger partial charge in [0.05, 0.1) is 4.92 Å². The SMILES string of the molecule is Cc1cnc(I)c(C(F)F)c1[N+](=O)[O-]. The largest absolute Gasteiger partial charge is 0.285 e. The highest BCUT2D eigenvalue weighted by Crippen LogP contribution is 2.33. The van der Waals surface area contributed by atoms with Gasteiger partial charge in [0.25, 0.3) is 12.1 Å². The first-order chi connectivity index (χ1) is 6.45. The molecule has 0 amide bonds. The molecule has 0 unspecified atom stereocenters. The Morgan fingerprint density at radius 3 is 2.57 bits per heavy atom. The minimum atomic E-state index is -2.88. The number of hydrogen-bond donors (Lipinski definition) is 0. The van der Waals surface area contributed by atoms with Gasteiger partial charge in [0.1, 0.15) is 9.26 Å². The van der Waals surface area contributed by atoms with E-state index in [1.54, 1.807) is 22.6 Å². The molecule has 1 aromatic rings. The Hall–Kier alpha value is -0.860. The van der Waals surface area contributed by atoms with E-state index >= 15 is 0 Å². The van der Waals surface area contributed by atoms with Crippen LogP contribution in [0.1, 0.15) is 17.6 Å². The highest BCUT2D eigenvalue weighted by Gasteiger charge is 2.27. The number of halogens is 3. The Labute approximate surface area is 91.6 Å². The summed E-state index contributed by atoms with van der Waals surface area (Å²) in [6, 6.07) is 0. The monoisotopic (exact) mass is 314 g/mol. The average Bonchev–Trinajstić information content (AvgIpc) is 2.07. The predicted octanol–water partition coefficient (Wildman–Crippen LogP) is 2.84. The van der Waals surface area contributed by atoms with Gasteiger partial charge in [-0.25, -0.2) is 13.8 Å². The first kappa shape index (κ1) is 11.2. The van der Waals surface area contributed by atoms with Crippen LogP contribution in [0.3, 0.4) is 0 Å². The van der Waals surface area contributed by atoms with Crippen molar-refractivity contribution in [2.24, 2.45) is 0 Å².